The number of hydrogen-bond acceptors (Lipinski definition) is 4. The normalized spacial score (nSPS) is 17.8. The first-order valence-corrected chi connectivity index (χ1v) is 9.03. The van der Waals surface area contributed by atoms with Crippen molar-refractivity contribution >= 4 is 5.65 Å². The average molecular weight is 351 g/mol. The lowest BCUT2D eigenvalue weighted by atomic mass is 9.94. The van der Waals surface area contributed by atoms with Gasteiger partial charge in [0.05, 0.1) is 5.69 Å². The molecule has 0 saturated heterocycles. The molecule has 1 N–H and O–H groups in total. The molecule has 6 heteroatoms. The Bertz CT molecular complexity index is 989. The zero-order valence-electron chi connectivity index (χ0n) is 15.6. The van der Waals surface area contributed by atoms with Crippen molar-refractivity contribution in [3.63, 3.8) is 0 Å². The number of rotatable bonds is 4. The quantitative estimate of drug-likeness (QED) is 0.779. The van der Waals surface area contributed by atoms with Gasteiger partial charge in [0, 0.05) is 43.5 Å². The zero-order chi connectivity index (χ0) is 18.3. The Kier molecular flexibility index (Phi) is 4.38. The predicted molar refractivity (Wildman–Crippen MR) is 102 cm³/mol. The molecule has 0 amide bonds. The van der Waals surface area contributed by atoms with Gasteiger partial charge in [-0.1, -0.05) is 24.3 Å². The van der Waals surface area contributed by atoms with E-state index in [0.29, 0.717) is 18.2 Å². The van der Waals surface area contributed by atoms with Crippen molar-refractivity contribution in [2.24, 2.45) is 0 Å². The molecular weight excluding hydrogens is 326 g/mol. The number of aromatic nitrogens is 3. The van der Waals surface area contributed by atoms with E-state index in [-0.39, 0.29) is 5.56 Å². The van der Waals surface area contributed by atoms with E-state index < -0.39 is 0 Å². The maximum absolute atomic E-state index is 12.2. The molecule has 1 atom stereocenters. The number of H-pyrrole nitrogens is 1. The predicted octanol–water partition coefficient (Wildman–Crippen LogP) is 1.82. The lowest BCUT2D eigenvalue weighted by Gasteiger charge is -2.36. The molecule has 6 nitrogen and oxygen atoms in total. The third-order valence-corrected chi connectivity index (χ3v) is 5.20. The average Bonchev–Trinajstić information content (AvgIpc) is 2.96. The van der Waals surface area contributed by atoms with Crippen LogP contribution in [0.1, 0.15) is 22.5 Å². The summed E-state index contributed by atoms with van der Waals surface area (Å²) in [4.78, 5) is 21.5. The minimum Gasteiger partial charge on any atom is -0.299 e. The second-order valence-corrected chi connectivity index (χ2v) is 7.46. The largest absolute Gasteiger partial charge is 0.299 e. The molecule has 3 aromatic rings. The summed E-state index contributed by atoms with van der Waals surface area (Å²) in [5, 5.41) is 3.01. The summed E-state index contributed by atoms with van der Waals surface area (Å²) < 4.78 is 1.49. The van der Waals surface area contributed by atoms with Gasteiger partial charge in [0.25, 0.3) is 5.56 Å². The highest BCUT2D eigenvalue weighted by Gasteiger charge is 2.24. The highest BCUT2D eigenvalue weighted by Crippen LogP contribution is 2.22. The molecule has 0 spiro atoms. The summed E-state index contributed by atoms with van der Waals surface area (Å²) in [7, 11) is 4.29. The van der Waals surface area contributed by atoms with Crippen molar-refractivity contribution in [1.29, 1.82) is 0 Å². The molecule has 0 bridgehead atoms. The standard InChI is InChI=1S/C20H25N5O/c1-14-8-19-21-17(10-20(26)25(19)22-14)12-23(2)13-18-9-15-6-4-5-7-16(15)11-24(18)3/h4-8,10,18,22H,9,11-13H2,1-3H3. The number of fused-ring (bicyclic) bond motifs is 2. The van der Waals surface area contributed by atoms with E-state index >= 15 is 0 Å². The van der Waals surface area contributed by atoms with Crippen molar-refractivity contribution in [3.05, 3.63) is 69.3 Å². The summed E-state index contributed by atoms with van der Waals surface area (Å²) in [6.45, 7) is 4.53. The van der Waals surface area contributed by atoms with Crippen molar-refractivity contribution in [2.45, 2.75) is 32.5 Å². The highest BCUT2D eigenvalue weighted by molar-refractivity contribution is 5.39. The van der Waals surface area contributed by atoms with Crippen LogP contribution in [0.4, 0.5) is 0 Å². The summed E-state index contributed by atoms with van der Waals surface area (Å²) in [6, 6.07) is 12.7. The van der Waals surface area contributed by atoms with Crippen LogP contribution in [0.2, 0.25) is 0 Å². The molecule has 4 rings (SSSR count). The van der Waals surface area contributed by atoms with Gasteiger partial charge in [-0.2, -0.15) is 0 Å². The summed E-state index contributed by atoms with van der Waals surface area (Å²) in [5.41, 5.74) is 5.25. The van der Waals surface area contributed by atoms with Crippen LogP contribution in [0.25, 0.3) is 5.65 Å². The number of benzene rings is 1. The lowest BCUT2D eigenvalue weighted by Crippen LogP contribution is -2.44. The fraction of sp³-hybridized carbons (Fsp3) is 0.400. The second-order valence-electron chi connectivity index (χ2n) is 7.46. The molecule has 0 radical (unpaired) electrons. The summed E-state index contributed by atoms with van der Waals surface area (Å²) in [5.74, 6) is 0. The minimum atomic E-state index is -0.0600. The number of aryl methyl sites for hydroxylation is 1. The van der Waals surface area contributed by atoms with Gasteiger partial charge in [-0.05, 0) is 38.6 Å². The second kappa shape index (κ2) is 6.70. The van der Waals surface area contributed by atoms with E-state index in [2.05, 4.69) is 58.2 Å². The molecule has 1 aromatic carbocycles. The van der Waals surface area contributed by atoms with E-state index in [4.69, 9.17) is 0 Å². The van der Waals surface area contributed by atoms with E-state index in [1.165, 1.54) is 15.6 Å². The van der Waals surface area contributed by atoms with Crippen LogP contribution in [0, 0.1) is 6.92 Å². The number of nitrogens with zero attached hydrogens (tertiary/aromatic N) is 4. The fourth-order valence-corrected chi connectivity index (χ4v) is 3.87. The molecule has 26 heavy (non-hydrogen) atoms. The zero-order valence-corrected chi connectivity index (χ0v) is 15.6. The Hall–Kier alpha value is -2.44. The van der Waals surface area contributed by atoms with E-state index in [9.17, 15) is 4.79 Å². The van der Waals surface area contributed by atoms with Gasteiger partial charge in [0.15, 0.2) is 5.65 Å². The Morgan fingerprint density at radius 3 is 2.85 bits per heavy atom. The van der Waals surface area contributed by atoms with Gasteiger partial charge in [-0.15, -0.1) is 0 Å². The van der Waals surface area contributed by atoms with Crippen LogP contribution in [0.3, 0.4) is 0 Å². The number of likely N-dealkylation sites (N-methyl/N-ethyl adjacent to an activating group) is 2. The molecule has 0 fully saturated rings. The van der Waals surface area contributed by atoms with E-state index in [1.54, 1.807) is 6.07 Å². The van der Waals surface area contributed by atoms with Crippen LogP contribution >= 0.6 is 0 Å². The molecule has 0 saturated carbocycles. The highest BCUT2D eigenvalue weighted by atomic mass is 16.1. The van der Waals surface area contributed by atoms with Crippen molar-refractivity contribution in [1.82, 2.24) is 24.4 Å². The molecular formula is C20H25N5O. The SMILES string of the molecule is Cc1cc2nc(CN(C)CC3Cc4ccccc4CN3C)cc(=O)n2[nH]1. The number of nitrogens with one attached hydrogen (secondary N) is 1. The Morgan fingerprint density at radius 2 is 2.04 bits per heavy atom. The topological polar surface area (TPSA) is 56.6 Å². The van der Waals surface area contributed by atoms with Gasteiger partial charge in [0.2, 0.25) is 0 Å². The first-order valence-electron chi connectivity index (χ1n) is 9.03. The summed E-state index contributed by atoms with van der Waals surface area (Å²) in [6.07, 6.45) is 1.06. The molecule has 2 aromatic heterocycles. The summed E-state index contributed by atoms with van der Waals surface area (Å²) >= 11 is 0. The van der Waals surface area contributed by atoms with E-state index in [0.717, 1.165) is 30.9 Å². The first-order chi connectivity index (χ1) is 12.5. The van der Waals surface area contributed by atoms with Crippen LogP contribution in [-0.2, 0) is 19.5 Å². The Balaban J connectivity index is 1.47. The maximum atomic E-state index is 12.2. The molecule has 136 valence electrons. The van der Waals surface area contributed by atoms with Crippen LogP contribution in [0.5, 0.6) is 0 Å². The molecule has 3 heterocycles. The van der Waals surface area contributed by atoms with Gasteiger partial charge >= 0.3 is 0 Å². The maximum Gasteiger partial charge on any atom is 0.272 e. The molecule has 1 aliphatic heterocycles. The van der Waals surface area contributed by atoms with Crippen molar-refractivity contribution in [2.75, 3.05) is 20.6 Å². The van der Waals surface area contributed by atoms with Gasteiger partial charge < -0.3 is 0 Å². The van der Waals surface area contributed by atoms with Crippen LogP contribution in [0.15, 0.2) is 41.2 Å². The smallest absolute Gasteiger partial charge is 0.272 e. The number of hydrogen-bond donors (Lipinski definition) is 1. The lowest BCUT2D eigenvalue weighted by molar-refractivity contribution is 0.158. The van der Waals surface area contributed by atoms with E-state index in [1.807, 2.05) is 13.0 Å². The van der Waals surface area contributed by atoms with Gasteiger partial charge in [-0.3, -0.25) is 19.7 Å². The first kappa shape index (κ1) is 17.0. The van der Waals surface area contributed by atoms with Crippen molar-refractivity contribution in [3.8, 4) is 0 Å². The Labute approximate surface area is 153 Å². The minimum absolute atomic E-state index is 0.0600. The molecule has 1 aliphatic rings. The third kappa shape index (κ3) is 3.30. The number of aromatic amines is 1. The van der Waals surface area contributed by atoms with Crippen LogP contribution in [-0.4, -0.2) is 51.1 Å². The molecule has 0 aliphatic carbocycles. The van der Waals surface area contributed by atoms with Gasteiger partial charge in [-0.25, -0.2) is 9.50 Å². The molecule has 1 unspecified atom stereocenters. The monoisotopic (exact) mass is 351 g/mol. The van der Waals surface area contributed by atoms with Crippen LogP contribution < -0.4 is 5.56 Å². The van der Waals surface area contributed by atoms with Gasteiger partial charge in [0.1, 0.15) is 0 Å². The van der Waals surface area contributed by atoms with Crippen molar-refractivity contribution < 1.29 is 0 Å². The fourth-order valence-electron chi connectivity index (χ4n) is 3.87. The Morgan fingerprint density at radius 1 is 1.27 bits per heavy atom. The third-order valence-electron chi connectivity index (χ3n) is 5.20.